The molecule has 0 unspecified atom stereocenters. The molecule has 2 aromatic heterocycles. The molecule has 0 spiro atoms. The van der Waals surface area contributed by atoms with Crippen LogP contribution in [0.2, 0.25) is 0 Å². The molecular weight excluding hydrogens is 276 g/mol. The van der Waals surface area contributed by atoms with Gasteiger partial charge in [-0.05, 0) is 37.9 Å². The van der Waals surface area contributed by atoms with Gasteiger partial charge in [-0.25, -0.2) is 9.97 Å². The van der Waals surface area contributed by atoms with Gasteiger partial charge in [-0.1, -0.05) is 6.07 Å². The molecule has 3 atom stereocenters. The van der Waals surface area contributed by atoms with Gasteiger partial charge in [0.1, 0.15) is 18.5 Å². The van der Waals surface area contributed by atoms with E-state index < -0.39 is 0 Å². The number of pyridine rings is 1. The zero-order chi connectivity index (χ0) is 14.9. The second-order valence-corrected chi connectivity index (χ2v) is 6.42. The van der Waals surface area contributed by atoms with Gasteiger partial charge in [0.15, 0.2) is 0 Å². The van der Waals surface area contributed by atoms with Crippen LogP contribution in [0.4, 0.5) is 5.82 Å². The molecule has 0 radical (unpaired) electrons. The first kappa shape index (κ1) is 13.7. The summed E-state index contributed by atoms with van der Waals surface area (Å²) >= 11 is 0. The van der Waals surface area contributed by atoms with Crippen molar-refractivity contribution in [1.82, 2.24) is 24.6 Å². The average Bonchev–Trinajstić information content (AvgIpc) is 3.17. The summed E-state index contributed by atoms with van der Waals surface area (Å²) in [6, 6.07) is 7.41. The van der Waals surface area contributed by atoms with Crippen LogP contribution in [0.5, 0.6) is 0 Å². The number of rotatable bonds is 3. The predicted molar refractivity (Wildman–Crippen MR) is 84.5 cm³/mol. The van der Waals surface area contributed by atoms with Gasteiger partial charge in [0.2, 0.25) is 0 Å². The summed E-state index contributed by atoms with van der Waals surface area (Å²) < 4.78 is 1.95. The van der Waals surface area contributed by atoms with Gasteiger partial charge in [-0.15, -0.1) is 0 Å². The molecule has 2 aliphatic rings. The molecule has 2 aliphatic heterocycles. The highest BCUT2D eigenvalue weighted by molar-refractivity contribution is 5.38. The molecule has 22 heavy (non-hydrogen) atoms. The number of likely N-dealkylation sites (N-methyl/N-ethyl adjacent to an activating group) is 1. The number of likely N-dealkylation sites (tertiary alicyclic amines) is 1. The minimum atomic E-state index is 0.556. The maximum Gasteiger partial charge on any atom is 0.137 e. The third kappa shape index (κ3) is 2.47. The first-order valence-electron chi connectivity index (χ1n) is 8.01. The van der Waals surface area contributed by atoms with Gasteiger partial charge in [0.05, 0.1) is 6.54 Å². The highest BCUT2D eigenvalue weighted by Gasteiger charge is 2.42. The molecule has 2 aromatic rings. The Bertz CT molecular complexity index is 598. The topological polar surface area (TPSA) is 50.1 Å². The molecule has 4 rings (SSSR count). The van der Waals surface area contributed by atoms with Gasteiger partial charge in [-0.3, -0.25) is 9.58 Å². The van der Waals surface area contributed by atoms with E-state index in [1.165, 1.54) is 12.8 Å². The number of hydrogen-bond acceptors (Lipinski definition) is 5. The van der Waals surface area contributed by atoms with Crippen LogP contribution in [0.1, 0.15) is 12.8 Å². The third-order valence-electron chi connectivity index (χ3n) is 5.21. The van der Waals surface area contributed by atoms with E-state index in [4.69, 9.17) is 0 Å². The largest absolute Gasteiger partial charge is 0.356 e. The Labute approximate surface area is 130 Å². The summed E-state index contributed by atoms with van der Waals surface area (Å²) in [5.74, 6) is 1.83. The molecule has 6 nitrogen and oxygen atoms in total. The van der Waals surface area contributed by atoms with Gasteiger partial charge in [0, 0.05) is 31.4 Å². The van der Waals surface area contributed by atoms with Crippen LogP contribution >= 0.6 is 0 Å². The zero-order valence-electron chi connectivity index (χ0n) is 12.9. The molecule has 6 heteroatoms. The summed E-state index contributed by atoms with van der Waals surface area (Å²) in [4.78, 5) is 13.5. The van der Waals surface area contributed by atoms with Crippen LogP contribution in [0.3, 0.4) is 0 Å². The number of aromatic nitrogens is 4. The van der Waals surface area contributed by atoms with Gasteiger partial charge in [0.25, 0.3) is 0 Å². The highest BCUT2D eigenvalue weighted by atomic mass is 15.3. The van der Waals surface area contributed by atoms with E-state index in [9.17, 15) is 0 Å². The lowest BCUT2D eigenvalue weighted by Gasteiger charge is -2.37. The Morgan fingerprint density at radius 3 is 3.05 bits per heavy atom. The Hall–Kier alpha value is -1.95. The van der Waals surface area contributed by atoms with Crippen LogP contribution in [-0.2, 0) is 6.54 Å². The smallest absolute Gasteiger partial charge is 0.137 e. The molecule has 0 saturated carbocycles. The van der Waals surface area contributed by atoms with Crippen LogP contribution in [-0.4, -0.2) is 56.9 Å². The van der Waals surface area contributed by atoms with Crippen molar-refractivity contribution in [2.75, 3.05) is 25.0 Å². The Balaban J connectivity index is 1.45. The number of nitrogens with zero attached hydrogens (tertiary/aromatic N) is 6. The molecule has 2 fully saturated rings. The molecule has 0 N–H and O–H groups in total. The Morgan fingerprint density at radius 2 is 2.27 bits per heavy atom. The van der Waals surface area contributed by atoms with E-state index in [-0.39, 0.29) is 0 Å². The van der Waals surface area contributed by atoms with Crippen LogP contribution in [0.25, 0.3) is 0 Å². The minimum Gasteiger partial charge on any atom is -0.356 e. The van der Waals surface area contributed by atoms with Crippen molar-refractivity contribution in [2.45, 2.75) is 31.5 Å². The molecule has 0 amide bonds. The summed E-state index contributed by atoms with van der Waals surface area (Å²) in [7, 11) is 2.27. The summed E-state index contributed by atoms with van der Waals surface area (Å²) in [6.07, 6.45) is 7.76. The predicted octanol–water partition coefficient (Wildman–Crippen LogP) is 1.27. The van der Waals surface area contributed by atoms with Crippen molar-refractivity contribution in [3.63, 3.8) is 0 Å². The quantitative estimate of drug-likeness (QED) is 0.854. The van der Waals surface area contributed by atoms with Crippen molar-refractivity contribution >= 4 is 5.82 Å². The lowest BCUT2D eigenvalue weighted by molar-refractivity contribution is 0.189. The van der Waals surface area contributed by atoms with Crippen molar-refractivity contribution in [1.29, 1.82) is 0 Å². The van der Waals surface area contributed by atoms with Crippen molar-refractivity contribution < 1.29 is 0 Å². The fraction of sp³-hybridized carbons (Fsp3) is 0.562. The van der Waals surface area contributed by atoms with Gasteiger partial charge >= 0.3 is 0 Å². The number of fused-ring (bicyclic) bond motifs is 1. The highest BCUT2D eigenvalue weighted by Crippen LogP contribution is 2.36. The van der Waals surface area contributed by atoms with Crippen molar-refractivity contribution in [2.24, 2.45) is 5.92 Å². The second kappa shape index (κ2) is 5.68. The molecule has 0 aromatic carbocycles. The molecule has 4 heterocycles. The SMILES string of the molecule is CN1[C@@H](Cn2cncn2)C[C@H]2CN(c3ccccn3)CC[C@H]21. The molecule has 0 bridgehead atoms. The third-order valence-corrected chi connectivity index (χ3v) is 5.21. The average molecular weight is 298 g/mol. The molecule has 0 aliphatic carbocycles. The number of piperidine rings is 1. The molecule has 2 saturated heterocycles. The first-order valence-corrected chi connectivity index (χ1v) is 8.01. The number of anilines is 1. The number of hydrogen-bond donors (Lipinski definition) is 0. The lowest BCUT2D eigenvalue weighted by atomic mass is 9.92. The standard InChI is InChI=1S/C16H22N6/c1-20-14(10-22-12-17-11-19-22)8-13-9-21(7-5-15(13)20)16-4-2-3-6-18-16/h2-4,6,11-15H,5,7-10H2,1H3/t13-,14+,15+/m0/s1. The maximum absolute atomic E-state index is 4.51. The van der Waals surface area contributed by atoms with Crippen LogP contribution in [0.15, 0.2) is 37.1 Å². The van der Waals surface area contributed by atoms with E-state index in [1.807, 2.05) is 23.3 Å². The monoisotopic (exact) mass is 298 g/mol. The minimum absolute atomic E-state index is 0.556. The van der Waals surface area contributed by atoms with E-state index in [0.29, 0.717) is 18.0 Å². The summed E-state index contributed by atoms with van der Waals surface area (Å²) in [6.45, 7) is 3.14. The maximum atomic E-state index is 4.51. The fourth-order valence-corrected chi connectivity index (χ4v) is 4.07. The fourth-order valence-electron chi connectivity index (χ4n) is 4.07. The van der Waals surface area contributed by atoms with E-state index in [1.54, 1.807) is 6.33 Å². The first-order chi connectivity index (χ1) is 10.8. The lowest BCUT2D eigenvalue weighted by Crippen LogP contribution is -2.46. The van der Waals surface area contributed by atoms with Crippen molar-refractivity contribution in [3.8, 4) is 0 Å². The van der Waals surface area contributed by atoms with Crippen molar-refractivity contribution in [3.05, 3.63) is 37.1 Å². The van der Waals surface area contributed by atoms with Crippen LogP contribution < -0.4 is 4.90 Å². The summed E-state index contributed by atoms with van der Waals surface area (Å²) in [5, 5.41) is 4.25. The zero-order valence-corrected chi connectivity index (χ0v) is 12.9. The summed E-state index contributed by atoms with van der Waals surface area (Å²) in [5.41, 5.74) is 0. The Kier molecular flexibility index (Phi) is 3.54. The van der Waals surface area contributed by atoms with Crippen LogP contribution in [0, 0.1) is 5.92 Å². The van der Waals surface area contributed by atoms with E-state index in [0.717, 1.165) is 25.5 Å². The molecule has 116 valence electrons. The second-order valence-electron chi connectivity index (χ2n) is 6.42. The van der Waals surface area contributed by atoms with E-state index >= 15 is 0 Å². The van der Waals surface area contributed by atoms with E-state index in [2.05, 4.69) is 44.0 Å². The van der Waals surface area contributed by atoms with Gasteiger partial charge < -0.3 is 4.90 Å². The Morgan fingerprint density at radius 1 is 1.32 bits per heavy atom. The normalized spacial score (nSPS) is 28.8. The van der Waals surface area contributed by atoms with Gasteiger partial charge in [-0.2, -0.15) is 5.10 Å². The molecular formula is C16H22N6.